The predicted octanol–water partition coefficient (Wildman–Crippen LogP) is 4.02. The number of anilines is 1. The average Bonchev–Trinajstić information content (AvgIpc) is 2.36. The molecular formula is C17H23N3O. The third-order valence-corrected chi connectivity index (χ3v) is 3.31. The van der Waals surface area contributed by atoms with Crippen LogP contribution in [0.2, 0.25) is 0 Å². The first-order chi connectivity index (χ1) is 9.79. The standard InChI is InChI=1S/C17H23N3O/c1-6-12-7-8-14(13(9-12)17(3,4)5)21-16-10-15(18)19-11(2)20-16/h7-10H,6H2,1-5H3,(H2,18,19,20). The first-order valence-electron chi connectivity index (χ1n) is 7.22. The van der Waals surface area contributed by atoms with Crippen molar-refractivity contribution >= 4 is 5.82 Å². The summed E-state index contributed by atoms with van der Waals surface area (Å²) in [5.74, 6) is 2.32. The van der Waals surface area contributed by atoms with Gasteiger partial charge in [0.15, 0.2) is 0 Å². The second kappa shape index (κ2) is 5.72. The van der Waals surface area contributed by atoms with Gasteiger partial charge in [-0.15, -0.1) is 0 Å². The number of hydrogen-bond acceptors (Lipinski definition) is 4. The Morgan fingerprint density at radius 1 is 1.14 bits per heavy atom. The molecule has 0 atom stereocenters. The van der Waals surface area contributed by atoms with Crippen molar-refractivity contribution in [2.24, 2.45) is 0 Å². The number of rotatable bonds is 3. The molecule has 2 rings (SSSR count). The molecule has 4 heteroatoms. The van der Waals surface area contributed by atoms with Crippen molar-refractivity contribution in [1.29, 1.82) is 0 Å². The van der Waals surface area contributed by atoms with E-state index in [1.807, 2.05) is 6.07 Å². The Morgan fingerprint density at radius 2 is 1.86 bits per heavy atom. The fourth-order valence-corrected chi connectivity index (χ4v) is 2.20. The summed E-state index contributed by atoms with van der Waals surface area (Å²) >= 11 is 0. The van der Waals surface area contributed by atoms with Crippen LogP contribution in [0.15, 0.2) is 24.3 Å². The molecule has 0 unspecified atom stereocenters. The molecule has 4 nitrogen and oxygen atoms in total. The summed E-state index contributed by atoms with van der Waals surface area (Å²) in [4.78, 5) is 8.34. The van der Waals surface area contributed by atoms with Gasteiger partial charge in [-0.1, -0.05) is 39.8 Å². The largest absolute Gasteiger partial charge is 0.439 e. The van der Waals surface area contributed by atoms with Gasteiger partial charge in [0.1, 0.15) is 17.4 Å². The third kappa shape index (κ3) is 3.72. The highest BCUT2D eigenvalue weighted by Gasteiger charge is 2.20. The molecule has 1 aromatic heterocycles. The van der Waals surface area contributed by atoms with Crippen molar-refractivity contribution in [2.75, 3.05) is 5.73 Å². The number of nitrogens with two attached hydrogens (primary N) is 1. The molecular weight excluding hydrogens is 262 g/mol. The van der Waals surface area contributed by atoms with Crippen molar-refractivity contribution in [3.8, 4) is 11.6 Å². The van der Waals surface area contributed by atoms with Gasteiger partial charge in [-0.2, -0.15) is 4.98 Å². The Labute approximate surface area is 126 Å². The van der Waals surface area contributed by atoms with E-state index < -0.39 is 0 Å². The molecule has 2 N–H and O–H groups in total. The smallest absolute Gasteiger partial charge is 0.224 e. The fourth-order valence-electron chi connectivity index (χ4n) is 2.20. The van der Waals surface area contributed by atoms with Crippen LogP contribution in [-0.2, 0) is 11.8 Å². The molecule has 0 fully saturated rings. The molecule has 0 saturated heterocycles. The Kier molecular flexibility index (Phi) is 4.16. The summed E-state index contributed by atoms with van der Waals surface area (Å²) in [5.41, 5.74) is 8.21. The lowest BCUT2D eigenvalue weighted by Gasteiger charge is -2.23. The Balaban J connectivity index is 2.43. The summed E-state index contributed by atoms with van der Waals surface area (Å²) in [6.07, 6.45) is 1.00. The van der Waals surface area contributed by atoms with E-state index in [1.54, 1.807) is 13.0 Å². The molecule has 112 valence electrons. The van der Waals surface area contributed by atoms with Crippen LogP contribution in [0.3, 0.4) is 0 Å². The minimum Gasteiger partial charge on any atom is -0.439 e. The predicted molar refractivity (Wildman–Crippen MR) is 85.8 cm³/mol. The second-order valence-electron chi connectivity index (χ2n) is 6.21. The summed E-state index contributed by atoms with van der Waals surface area (Å²) in [5, 5.41) is 0. The second-order valence-corrected chi connectivity index (χ2v) is 6.21. The molecule has 0 aliphatic rings. The number of aryl methyl sites for hydroxylation is 2. The van der Waals surface area contributed by atoms with E-state index in [-0.39, 0.29) is 5.41 Å². The normalized spacial score (nSPS) is 11.5. The number of aromatic nitrogens is 2. The molecule has 0 amide bonds. The lowest BCUT2D eigenvalue weighted by atomic mass is 9.85. The van der Waals surface area contributed by atoms with Crippen LogP contribution < -0.4 is 10.5 Å². The van der Waals surface area contributed by atoms with Crippen LogP contribution in [0.4, 0.5) is 5.82 Å². The van der Waals surface area contributed by atoms with E-state index in [4.69, 9.17) is 10.5 Å². The minimum atomic E-state index is -0.00582. The van der Waals surface area contributed by atoms with Crippen LogP contribution >= 0.6 is 0 Å². The molecule has 2 aromatic rings. The molecule has 0 aliphatic heterocycles. The monoisotopic (exact) mass is 285 g/mol. The Bertz CT molecular complexity index is 625. The maximum Gasteiger partial charge on any atom is 0.224 e. The van der Waals surface area contributed by atoms with Crippen LogP contribution in [0.1, 0.15) is 44.6 Å². The minimum absolute atomic E-state index is 0.00582. The van der Waals surface area contributed by atoms with Gasteiger partial charge in [-0.3, -0.25) is 0 Å². The van der Waals surface area contributed by atoms with E-state index in [9.17, 15) is 0 Å². The SMILES string of the molecule is CCc1ccc(Oc2cc(N)nc(C)n2)c(C(C)(C)C)c1. The van der Waals surface area contributed by atoms with Gasteiger partial charge < -0.3 is 10.5 Å². The highest BCUT2D eigenvalue weighted by atomic mass is 16.5. The van der Waals surface area contributed by atoms with Crippen molar-refractivity contribution in [3.05, 3.63) is 41.2 Å². The highest BCUT2D eigenvalue weighted by molar-refractivity contribution is 5.44. The van der Waals surface area contributed by atoms with Gasteiger partial charge in [0.05, 0.1) is 0 Å². The van der Waals surface area contributed by atoms with Crippen molar-refractivity contribution in [1.82, 2.24) is 9.97 Å². The molecule has 0 spiro atoms. The average molecular weight is 285 g/mol. The first-order valence-corrected chi connectivity index (χ1v) is 7.22. The number of hydrogen-bond donors (Lipinski definition) is 1. The molecule has 1 heterocycles. The van der Waals surface area contributed by atoms with Gasteiger partial charge in [-0.25, -0.2) is 4.98 Å². The van der Waals surface area contributed by atoms with E-state index >= 15 is 0 Å². The van der Waals surface area contributed by atoms with Crippen LogP contribution in [0.5, 0.6) is 11.6 Å². The van der Waals surface area contributed by atoms with Gasteiger partial charge in [0.25, 0.3) is 0 Å². The highest BCUT2D eigenvalue weighted by Crippen LogP contribution is 2.34. The zero-order valence-corrected chi connectivity index (χ0v) is 13.4. The summed E-state index contributed by atoms with van der Waals surface area (Å²) in [7, 11) is 0. The van der Waals surface area contributed by atoms with Crippen LogP contribution in [0, 0.1) is 6.92 Å². The molecule has 0 bridgehead atoms. The lowest BCUT2D eigenvalue weighted by Crippen LogP contribution is -2.13. The quantitative estimate of drug-likeness (QED) is 0.925. The zero-order chi connectivity index (χ0) is 15.6. The third-order valence-electron chi connectivity index (χ3n) is 3.31. The van der Waals surface area contributed by atoms with Gasteiger partial charge in [-0.05, 0) is 30.4 Å². The number of ether oxygens (including phenoxy) is 1. The van der Waals surface area contributed by atoms with E-state index in [0.29, 0.717) is 17.5 Å². The van der Waals surface area contributed by atoms with Gasteiger partial charge in [0, 0.05) is 11.6 Å². The molecule has 0 radical (unpaired) electrons. The summed E-state index contributed by atoms with van der Waals surface area (Å²) in [6, 6.07) is 7.94. The van der Waals surface area contributed by atoms with E-state index in [2.05, 4.69) is 49.8 Å². The molecule has 1 aromatic carbocycles. The maximum absolute atomic E-state index is 5.97. The van der Waals surface area contributed by atoms with Crippen molar-refractivity contribution in [3.63, 3.8) is 0 Å². The van der Waals surface area contributed by atoms with Crippen molar-refractivity contribution < 1.29 is 4.74 Å². The Morgan fingerprint density at radius 3 is 2.43 bits per heavy atom. The topological polar surface area (TPSA) is 61.0 Å². The molecule has 0 aliphatic carbocycles. The Hall–Kier alpha value is -2.10. The summed E-state index contributed by atoms with van der Waals surface area (Å²) in [6.45, 7) is 10.5. The lowest BCUT2D eigenvalue weighted by molar-refractivity contribution is 0.437. The van der Waals surface area contributed by atoms with Crippen LogP contribution in [-0.4, -0.2) is 9.97 Å². The maximum atomic E-state index is 5.97. The number of nitrogen functional groups attached to an aromatic ring is 1. The van der Waals surface area contributed by atoms with Gasteiger partial charge in [0.2, 0.25) is 5.88 Å². The van der Waals surface area contributed by atoms with Crippen molar-refractivity contribution in [2.45, 2.75) is 46.5 Å². The molecule has 21 heavy (non-hydrogen) atoms. The van der Waals surface area contributed by atoms with E-state index in [1.165, 1.54) is 5.56 Å². The number of benzene rings is 1. The fraction of sp³-hybridized carbons (Fsp3) is 0.412. The molecule has 0 saturated carbocycles. The first kappa shape index (κ1) is 15.3. The summed E-state index contributed by atoms with van der Waals surface area (Å²) < 4.78 is 5.97. The van der Waals surface area contributed by atoms with Crippen LogP contribution in [0.25, 0.3) is 0 Å². The number of nitrogens with zero attached hydrogens (tertiary/aromatic N) is 2. The van der Waals surface area contributed by atoms with Gasteiger partial charge >= 0.3 is 0 Å². The zero-order valence-electron chi connectivity index (χ0n) is 13.4. The van der Waals surface area contributed by atoms with E-state index in [0.717, 1.165) is 17.7 Å².